The van der Waals surface area contributed by atoms with Gasteiger partial charge < -0.3 is 10.2 Å². The Morgan fingerprint density at radius 2 is 2.07 bits per heavy atom. The lowest BCUT2D eigenvalue weighted by Gasteiger charge is -2.17. The van der Waals surface area contributed by atoms with Crippen LogP contribution in [0.5, 0.6) is 0 Å². The predicted molar refractivity (Wildman–Crippen MR) is 64.0 cm³/mol. The van der Waals surface area contributed by atoms with Crippen LogP contribution in [0.2, 0.25) is 5.02 Å². The van der Waals surface area contributed by atoms with Gasteiger partial charge in [-0.25, -0.2) is 0 Å². The van der Waals surface area contributed by atoms with Gasteiger partial charge >= 0.3 is 0 Å². The van der Waals surface area contributed by atoms with Crippen LogP contribution in [0.1, 0.15) is 11.7 Å². The van der Waals surface area contributed by atoms with Gasteiger partial charge in [0.25, 0.3) is 0 Å². The first-order valence-electron chi connectivity index (χ1n) is 3.98. The minimum atomic E-state index is -0.993. The van der Waals surface area contributed by atoms with E-state index >= 15 is 0 Å². The summed E-state index contributed by atoms with van der Waals surface area (Å²) in [7, 11) is 0. The minimum Gasteiger partial charge on any atom is -0.389 e. The Morgan fingerprint density at radius 3 is 2.57 bits per heavy atom. The van der Waals surface area contributed by atoms with Crippen LogP contribution in [0, 0.1) is 0 Å². The molecule has 0 amide bonds. The van der Waals surface area contributed by atoms with Gasteiger partial charge in [0, 0.05) is 20.8 Å². The number of halogens is 2. The molecule has 0 fully saturated rings. The molecule has 2 N–H and O–H groups in total. The average Bonchev–Trinajstić information content (AvgIpc) is 2.15. The largest absolute Gasteiger partial charge is 0.389 e. The number of aliphatic hydroxyl groups excluding tert-OH is 2. The highest BCUT2D eigenvalue weighted by Gasteiger charge is 2.19. The van der Waals surface area contributed by atoms with Gasteiger partial charge in [-0.3, -0.25) is 0 Å². The maximum absolute atomic E-state index is 9.66. The molecule has 0 aromatic heterocycles. The lowest BCUT2D eigenvalue weighted by atomic mass is 10.1. The number of rotatable bonds is 3. The summed E-state index contributed by atoms with van der Waals surface area (Å²) < 4.78 is 0.832. The summed E-state index contributed by atoms with van der Waals surface area (Å²) in [5.74, 6) is 0.188. The van der Waals surface area contributed by atoms with Crippen molar-refractivity contribution >= 4 is 40.2 Å². The van der Waals surface area contributed by atoms with Gasteiger partial charge in [-0.15, -0.1) is 0 Å². The fraction of sp³-hybridized carbons (Fsp3) is 0.333. The molecule has 0 saturated heterocycles. The normalized spacial score (nSPS) is 15.2. The second-order valence-corrected chi connectivity index (χ2v) is 4.55. The van der Waals surface area contributed by atoms with Crippen molar-refractivity contribution in [2.24, 2.45) is 0 Å². The molecule has 1 rings (SSSR count). The lowest BCUT2D eigenvalue weighted by Crippen LogP contribution is -2.19. The van der Waals surface area contributed by atoms with E-state index in [1.54, 1.807) is 18.2 Å². The molecule has 0 aliphatic heterocycles. The number of aliphatic hydroxyl groups is 2. The SMILES string of the molecule is OC(CS)C(O)c1ccc(Br)cc1Cl. The summed E-state index contributed by atoms with van der Waals surface area (Å²) in [6.45, 7) is 0. The van der Waals surface area contributed by atoms with E-state index in [4.69, 9.17) is 11.6 Å². The van der Waals surface area contributed by atoms with Gasteiger partial charge in [-0.05, 0) is 12.1 Å². The fourth-order valence-electron chi connectivity index (χ4n) is 1.05. The van der Waals surface area contributed by atoms with Crippen LogP contribution in [-0.2, 0) is 0 Å². The molecule has 0 heterocycles. The molecule has 0 aliphatic rings. The van der Waals surface area contributed by atoms with E-state index in [0.717, 1.165) is 4.47 Å². The van der Waals surface area contributed by atoms with Crippen molar-refractivity contribution < 1.29 is 10.2 Å². The second kappa shape index (κ2) is 5.37. The van der Waals surface area contributed by atoms with Crippen LogP contribution >= 0.6 is 40.2 Å². The summed E-state index contributed by atoms with van der Waals surface area (Å²) in [5.41, 5.74) is 0.511. The Labute approximate surface area is 101 Å². The van der Waals surface area contributed by atoms with Gasteiger partial charge in [-0.2, -0.15) is 12.6 Å². The molecule has 14 heavy (non-hydrogen) atoms. The average molecular weight is 298 g/mol. The molecule has 2 nitrogen and oxygen atoms in total. The second-order valence-electron chi connectivity index (χ2n) is 2.86. The quantitative estimate of drug-likeness (QED) is 0.750. The highest BCUT2D eigenvalue weighted by Crippen LogP contribution is 2.28. The summed E-state index contributed by atoms with van der Waals surface area (Å²) in [5, 5.41) is 19.5. The zero-order chi connectivity index (χ0) is 10.7. The van der Waals surface area contributed by atoms with E-state index in [0.29, 0.717) is 10.6 Å². The van der Waals surface area contributed by atoms with Gasteiger partial charge in [0.2, 0.25) is 0 Å². The predicted octanol–water partition coefficient (Wildman–Crippen LogP) is 2.43. The van der Waals surface area contributed by atoms with Crippen molar-refractivity contribution in [2.75, 3.05) is 5.75 Å². The molecule has 2 atom stereocenters. The Bertz CT molecular complexity index is 322. The van der Waals surface area contributed by atoms with E-state index in [2.05, 4.69) is 28.6 Å². The maximum Gasteiger partial charge on any atom is 0.107 e. The Hall–Kier alpha value is 0.260. The Kier molecular flexibility index (Phi) is 4.73. The molecule has 0 radical (unpaired) electrons. The molecule has 2 unspecified atom stereocenters. The van der Waals surface area contributed by atoms with Crippen LogP contribution in [-0.4, -0.2) is 22.1 Å². The zero-order valence-corrected chi connectivity index (χ0v) is 10.4. The first kappa shape index (κ1) is 12.3. The third-order valence-corrected chi connectivity index (χ3v) is 3.03. The topological polar surface area (TPSA) is 40.5 Å². The third kappa shape index (κ3) is 2.87. The first-order valence-corrected chi connectivity index (χ1v) is 5.78. The molecular weight excluding hydrogens is 288 g/mol. The van der Waals surface area contributed by atoms with Gasteiger partial charge in [0.05, 0.1) is 6.10 Å². The molecule has 1 aromatic carbocycles. The Balaban J connectivity index is 2.95. The maximum atomic E-state index is 9.66. The van der Waals surface area contributed by atoms with Gasteiger partial charge in [0.1, 0.15) is 6.10 Å². The minimum absolute atomic E-state index is 0.188. The van der Waals surface area contributed by atoms with Crippen molar-refractivity contribution in [3.63, 3.8) is 0 Å². The van der Waals surface area contributed by atoms with Crippen molar-refractivity contribution in [1.29, 1.82) is 0 Å². The van der Waals surface area contributed by atoms with Crippen molar-refractivity contribution in [3.8, 4) is 0 Å². The van der Waals surface area contributed by atoms with Crippen LogP contribution in [0.4, 0.5) is 0 Å². The fourth-order valence-corrected chi connectivity index (χ4v) is 2.03. The number of hydrogen-bond acceptors (Lipinski definition) is 3. The smallest absolute Gasteiger partial charge is 0.107 e. The molecular formula is C9H10BrClO2S. The Morgan fingerprint density at radius 1 is 1.43 bits per heavy atom. The highest BCUT2D eigenvalue weighted by molar-refractivity contribution is 9.10. The van der Waals surface area contributed by atoms with E-state index in [1.165, 1.54) is 0 Å². The van der Waals surface area contributed by atoms with Crippen molar-refractivity contribution in [1.82, 2.24) is 0 Å². The summed E-state index contributed by atoms with van der Waals surface area (Å²) in [6, 6.07) is 5.10. The van der Waals surface area contributed by atoms with E-state index < -0.39 is 12.2 Å². The van der Waals surface area contributed by atoms with E-state index in [1.807, 2.05) is 0 Å². The molecule has 78 valence electrons. The number of hydrogen-bond donors (Lipinski definition) is 3. The first-order chi connectivity index (χ1) is 6.56. The summed E-state index contributed by atoms with van der Waals surface area (Å²) in [6.07, 6.45) is -1.90. The monoisotopic (exact) mass is 296 g/mol. The number of benzene rings is 1. The molecule has 5 heteroatoms. The molecule has 0 bridgehead atoms. The summed E-state index contributed by atoms with van der Waals surface area (Å²) >= 11 is 13.1. The van der Waals surface area contributed by atoms with Crippen LogP contribution in [0.25, 0.3) is 0 Å². The van der Waals surface area contributed by atoms with E-state index in [-0.39, 0.29) is 5.75 Å². The molecule has 0 saturated carbocycles. The zero-order valence-electron chi connectivity index (χ0n) is 7.19. The van der Waals surface area contributed by atoms with Crippen LogP contribution in [0.3, 0.4) is 0 Å². The molecule has 1 aromatic rings. The van der Waals surface area contributed by atoms with Gasteiger partial charge in [-0.1, -0.05) is 33.6 Å². The van der Waals surface area contributed by atoms with Gasteiger partial charge in [0.15, 0.2) is 0 Å². The lowest BCUT2D eigenvalue weighted by molar-refractivity contribution is 0.0338. The van der Waals surface area contributed by atoms with Crippen molar-refractivity contribution in [3.05, 3.63) is 33.3 Å². The van der Waals surface area contributed by atoms with Crippen LogP contribution in [0.15, 0.2) is 22.7 Å². The number of thiol groups is 1. The highest BCUT2D eigenvalue weighted by atomic mass is 79.9. The summed E-state index contributed by atoms with van der Waals surface area (Å²) in [4.78, 5) is 0. The molecule has 0 spiro atoms. The molecule has 0 aliphatic carbocycles. The van der Waals surface area contributed by atoms with Crippen molar-refractivity contribution in [2.45, 2.75) is 12.2 Å². The third-order valence-electron chi connectivity index (χ3n) is 1.83. The van der Waals surface area contributed by atoms with Crippen LogP contribution < -0.4 is 0 Å². The van der Waals surface area contributed by atoms with E-state index in [9.17, 15) is 10.2 Å². The standard InChI is InChI=1S/C9H10BrClO2S/c10-5-1-2-6(7(11)3-5)9(13)8(12)4-14/h1-3,8-9,12-14H,4H2.